The molecule has 3 rings (SSSR count). The van der Waals surface area contributed by atoms with Gasteiger partial charge in [-0.25, -0.2) is 9.18 Å². The number of ether oxygens (including phenoxy) is 2. The quantitative estimate of drug-likeness (QED) is 0.259. The number of para-hydroxylation sites is 1. The lowest BCUT2D eigenvalue weighted by Gasteiger charge is -2.13. The van der Waals surface area contributed by atoms with E-state index in [-0.39, 0.29) is 39.8 Å². The third-order valence-electron chi connectivity index (χ3n) is 4.53. The summed E-state index contributed by atoms with van der Waals surface area (Å²) in [7, 11) is 1.18. The zero-order valence-corrected chi connectivity index (χ0v) is 18.8. The molecule has 0 aliphatic carbocycles. The van der Waals surface area contributed by atoms with Crippen LogP contribution in [0.5, 0.6) is 11.5 Å². The van der Waals surface area contributed by atoms with Gasteiger partial charge in [-0.3, -0.25) is 0 Å². The summed E-state index contributed by atoms with van der Waals surface area (Å²) in [6.45, 7) is 1.29. The molecule has 0 radical (unpaired) electrons. The molecule has 170 valence electrons. The third kappa shape index (κ3) is 4.40. The maximum absolute atomic E-state index is 14.8. The van der Waals surface area contributed by atoms with Gasteiger partial charge in [0.05, 0.1) is 17.2 Å². The number of aromatic nitrogens is 1. The molecule has 0 bridgehead atoms. The van der Waals surface area contributed by atoms with Gasteiger partial charge in [0.15, 0.2) is 0 Å². The molecule has 0 N–H and O–H groups in total. The van der Waals surface area contributed by atoms with Gasteiger partial charge in [-0.15, -0.1) is 0 Å². The van der Waals surface area contributed by atoms with Crippen LogP contribution in [-0.4, -0.2) is 17.6 Å². The van der Waals surface area contributed by atoms with Gasteiger partial charge >= 0.3 is 12.1 Å². The molecule has 0 aliphatic rings. The van der Waals surface area contributed by atoms with Gasteiger partial charge in [0.2, 0.25) is 0 Å². The fourth-order valence-corrected chi connectivity index (χ4v) is 4.15. The van der Waals surface area contributed by atoms with Crippen LogP contribution in [0.3, 0.4) is 0 Å². The van der Waals surface area contributed by atoms with Crippen molar-refractivity contribution in [1.29, 1.82) is 0 Å². The van der Waals surface area contributed by atoms with E-state index in [2.05, 4.69) is 0 Å². The topological polar surface area (TPSA) is 40.5 Å². The molecule has 0 atom stereocenters. The molecule has 0 unspecified atom stereocenters. The maximum atomic E-state index is 14.8. The number of carbonyl (C=O) groups is 1. The Kier molecular flexibility index (Phi) is 6.97. The first-order chi connectivity index (χ1) is 15.0. The minimum Gasteiger partial charge on any atom is -0.465 e. The molecule has 0 saturated heterocycles. The summed E-state index contributed by atoms with van der Waals surface area (Å²) in [5.74, 6) is -1.75. The van der Waals surface area contributed by atoms with Crippen LogP contribution in [0.1, 0.15) is 23.0 Å². The first-order valence-electron chi connectivity index (χ1n) is 9.00. The molecule has 11 heteroatoms. The Morgan fingerprint density at radius 2 is 1.75 bits per heavy atom. The number of esters is 1. The third-order valence-corrected chi connectivity index (χ3v) is 5.58. The minimum atomic E-state index is -4.82. The summed E-state index contributed by atoms with van der Waals surface area (Å²) in [6.07, 6.45) is -4.82. The fraction of sp³-hybridized carbons (Fsp3) is 0.190. The van der Waals surface area contributed by atoms with Crippen LogP contribution in [0.2, 0.25) is 15.2 Å². The lowest BCUT2D eigenvalue weighted by Crippen LogP contribution is -2.13. The van der Waals surface area contributed by atoms with Crippen molar-refractivity contribution in [3.63, 3.8) is 0 Å². The second-order valence-electron chi connectivity index (χ2n) is 6.42. The largest absolute Gasteiger partial charge is 0.465 e. The van der Waals surface area contributed by atoms with Crippen molar-refractivity contribution in [3.8, 4) is 22.6 Å². The average molecular weight is 511 g/mol. The number of hydrogen-bond donors (Lipinski definition) is 0. The molecule has 2 aromatic carbocycles. The van der Waals surface area contributed by atoms with Gasteiger partial charge in [0.25, 0.3) is 0 Å². The molecule has 0 saturated carbocycles. The lowest BCUT2D eigenvalue weighted by atomic mass is 10.1. The van der Waals surface area contributed by atoms with Gasteiger partial charge in [0.1, 0.15) is 33.7 Å². The summed E-state index contributed by atoms with van der Waals surface area (Å²) in [5, 5.41) is -1.34. The molecule has 4 nitrogen and oxygen atoms in total. The zero-order chi connectivity index (χ0) is 23.8. The van der Waals surface area contributed by atoms with Gasteiger partial charge in [-0.1, -0.05) is 46.9 Å². The highest BCUT2D eigenvalue weighted by Crippen LogP contribution is 2.48. The normalized spacial score (nSPS) is 11.5. The second-order valence-corrected chi connectivity index (χ2v) is 7.57. The molecule has 0 amide bonds. The highest BCUT2D eigenvalue weighted by molar-refractivity contribution is 6.40. The Balaban J connectivity index is 2.19. The first-order valence-corrected chi connectivity index (χ1v) is 10.1. The Morgan fingerprint density at radius 3 is 2.31 bits per heavy atom. The number of benzene rings is 2. The van der Waals surface area contributed by atoms with Crippen LogP contribution in [0.15, 0.2) is 36.4 Å². The van der Waals surface area contributed by atoms with E-state index in [1.165, 1.54) is 26.2 Å². The molecule has 1 heterocycles. The molecule has 0 spiro atoms. The predicted octanol–water partition coefficient (Wildman–Crippen LogP) is 7.87. The van der Waals surface area contributed by atoms with Crippen molar-refractivity contribution in [2.24, 2.45) is 0 Å². The Hall–Kier alpha value is -2.42. The molecule has 0 fully saturated rings. The number of hydrogen-bond acceptors (Lipinski definition) is 3. The first kappa shape index (κ1) is 24.2. The van der Waals surface area contributed by atoms with Crippen molar-refractivity contribution in [1.82, 2.24) is 4.57 Å². The summed E-state index contributed by atoms with van der Waals surface area (Å²) in [5.41, 5.74) is -1.85. The van der Waals surface area contributed by atoms with Crippen molar-refractivity contribution in [2.75, 3.05) is 7.11 Å². The van der Waals surface area contributed by atoms with Gasteiger partial charge in [-0.2, -0.15) is 13.2 Å². The van der Waals surface area contributed by atoms with E-state index in [0.29, 0.717) is 0 Å². The van der Waals surface area contributed by atoms with E-state index in [1.807, 2.05) is 0 Å². The highest BCUT2D eigenvalue weighted by atomic mass is 35.5. The van der Waals surface area contributed by atoms with Gasteiger partial charge in [0, 0.05) is 17.7 Å². The summed E-state index contributed by atoms with van der Waals surface area (Å²) < 4.78 is 66.5. The number of methoxy groups -OCH3 is 1. The summed E-state index contributed by atoms with van der Waals surface area (Å²) in [6, 6.07) is 7.95. The SMILES string of the molecule is CCn1c(Cl)c(-c2cc(Oc3ccccc3C(=O)OC)c(Cl)cc2F)c(Cl)c1C(F)(F)F. The number of halogens is 7. The number of alkyl halides is 3. The summed E-state index contributed by atoms with van der Waals surface area (Å²) >= 11 is 18.3. The van der Waals surface area contributed by atoms with Crippen molar-refractivity contribution >= 4 is 40.8 Å². The standard InChI is InChI=1S/C21H14Cl3F4NO3/c1-3-29-18(21(26,27)28)17(23)16(19(29)24)11-8-15(12(22)9-13(11)25)32-14-7-5-4-6-10(14)20(30)31-2/h4-9H,3H2,1-2H3. The van der Waals surface area contributed by atoms with Crippen molar-refractivity contribution in [3.05, 3.63) is 68.7 Å². The van der Waals surface area contributed by atoms with Gasteiger partial charge in [-0.05, 0) is 31.2 Å². The van der Waals surface area contributed by atoms with Crippen molar-refractivity contribution in [2.45, 2.75) is 19.6 Å². The molecular weight excluding hydrogens is 497 g/mol. The molecule has 1 aromatic heterocycles. The molecular formula is C21H14Cl3F4NO3. The highest BCUT2D eigenvalue weighted by Gasteiger charge is 2.40. The Labute approximate surface area is 195 Å². The minimum absolute atomic E-state index is 0.0399. The number of carbonyl (C=O) groups excluding carboxylic acids is 1. The zero-order valence-electron chi connectivity index (χ0n) is 16.5. The molecule has 3 aromatic rings. The smallest absolute Gasteiger partial charge is 0.432 e. The lowest BCUT2D eigenvalue weighted by molar-refractivity contribution is -0.143. The Bertz CT molecular complexity index is 1190. The number of nitrogens with zero attached hydrogens (tertiary/aromatic N) is 1. The average Bonchev–Trinajstić information content (AvgIpc) is 2.99. The summed E-state index contributed by atoms with van der Waals surface area (Å²) in [4.78, 5) is 12.0. The van der Waals surface area contributed by atoms with Crippen LogP contribution in [-0.2, 0) is 17.5 Å². The van der Waals surface area contributed by atoms with E-state index in [1.54, 1.807) is 12.1 Å². The van der Waals surface area contributed by atoms with E-state index in [4.69, 9.17) is 44.3 Å². The fourth-order valence-electron chi connectivity index (χ4n) is 3.12. The molecule has 0 aliphatic heterocycles. The van der Waals surface area contributed by atoms with Crippen molar-refractivity contribution < 1.29 is 31.8 Å². The van der Waals surface area contributed by atoms with Crippen LogP contribution >= 0.6 is 34.8 Å². The van der Waals surface area contributed by atoms with Crippen LogP contribution < -0.4 is 4.74 Å². The van der Waals surface area contributed by atoms with E-state index in [0.717, 1.165) is 16.7 Å². The van der Waals surface area contributed by atoms with E-state index >= 15 is 0 Å². The predicted molar refractivity (Wildman–Crippen MR) is 113 cm³/mol. The van der Waals surface area contributed by atoms with Crippen LogP contribution in [0.4, 0.5) is 17.6 Å². The number of rotatable bonds is 5. The van der Waals surface area contributed by atoms with Crippen LogP contribution in [0.25, 0.3) is 11.1 Å². The van der Waals surface area contributed by atoms with Crippen LogP contribution in [0, 0.1) is 5.82 Å². The van der Waals surface area contributed by atoms with E-state index in [9.17, 15) is 22.4 Å². The van der Waals surface area contributed by atoms with Gasteiger partial charge < -0.3 is 14.0 Å². The maximum Gasteiger partial charge on any atom is 0.432 e. The monoisotopic (exact) mass is 509 g/mol. The Morgan fingerprint density at radius 1 is 1.09 bits per heavy atom. The van der Waals surface area contributed by atoms with E-state index < -0.39 is 33.8 Å². The molecule has 32 heavy (non-hydrogen) atoms. The second kappa shape index (κ2) is 9.21.